The molecule has 3 aromatic rings. The minimum atomic E-state index is -3.75. The Morgan fingerprint density at radius 3 is 2.45 bits per heavy atom. The molecule has 2 aliphatic heterocycles. The molecule has 1 saturated heterocycles. The lowest BCUT2D eigenvalue weighted by molar-refractivity contribution is 0.390. The summed E-state index contributed by atoms with van der Waals surface area (Å²) < 4.78 is 30.0. The van der Waals surface area contributed by atoms with E-state index in [1.165, 1.54) is 14.2 Å². The Hall–Kier alpha value is -2.75. The van der Waals surface area contributed by atoms with E-state index in [9.17, 15) is 8.42 Å². The van der Waals surface area contributed by atoms with E-state index >= 15 is 0 Å². The number of hydrogen-bond acceptors (Lipinski definition) is 6. The first-order valence-corrected chi connectivity index (χ1v) is 12.0. The number of aromatic nitrogens is 2. The third kappa shape index (κ3) is 3.73. The Labute approximate surface area is 182 Å². The Kier molecular flexibility index (Phi) is 5.25. The summed E-state index contributed by atoms with van der Waals surface area (Å²) in [5, 5.41) is 4.05. The summed E-state index contributed by atoms with van der Waals surface area (Å²) in [6, 6.07) is 15.6. The molecule has 1 fully saturated rings. The predicted molar refractivity (Wildman–Crippen MR) is 122 cm³/mol. The van der Waals surface area contributed by atoms with Crippen LogP contribution in [-0.4, -0.2) is 62.5 Å². The van der Waals surface area contributed by atoms with Crippen LogP contribution in [0.3, 0.4) is 0 Å². The highest BCUT2D eigenvalue weighted by atomic mass is 32.2. The molecule has 0 unspecified atom stereocenters. The molecule has 8 nitrogen and oxygen atoms in total. The van der Waals surface area contributed by atoms with Crippen molar-refractivity contribution in [2.75, 3.05) is 49.0 Å². The first-order chi connectivity index (χ1) is 15.0. The average molecular weight is 439 g/mol. The van der Waals surface area contributed by atoms with Crippen molar-refractivity contribution in [3.8, 4) is 0 Å². The van der Waals surface area contributed by atoms with Gasteiger partial charge in [-0.3, -0.25) is 0 Å². The lowest BCUT2D eigenvalue weighted by atomic mass is 10.0. The molecule has 2 aromatic carbocycles. The molecule has 2 aliphatic rings. The molecule has 1 N–H and O–H groups in total. The molecule has 162 valence electrons. The largest absolute Gasteiger partial charge is 0.338 e. The van der Waals surface area contributed by atoms with Gasteiger partial charge in [0.25, 0.3) is 0 Å². The van der Waals surface area contributed by atoms with E-state index in [4.69, 9.17) is 9.97 Å². The normalized spacial score (nSPS) is 17.5. The quantitative estimate of drug-likeness (QED) is 0.669. The molecule has 0 amide bonds. The van der Waals surface area contributed by atoms with Crippen LogP contribution in [-0.2, 0) is 23.2 Å². The Morgan fingerprint density at radius 2 is 1.65 bits per heavy atom. The van der Waals surface area contributed by atoms with E-state index in [-0.39, 0.29) is 0 Å². The molecule has 0 bridgehead atoms. The van der Waals surface area contributed by atoms with Gasteiger partial charge >= 0.3 is 10.2 Å². The summed E-state index contributed by atoms with van der Waals surface area (Å²) in [7, 11) is -2.16. The van der Waals surface area contributed by atoms with Gasteiger partial charge < -0.3 is 10.2 Å². The maximum absolute atomic E-state index is 13.6. The van der Waals surface area contributed by atoms with Crippen LogP contribution in [0.2, 0.25) is 0 Å². The Balaban J connectivity index is 1.53. The number of anilines is 2. The van der Waals surface area contributed by atoms with Gasteiger partial charge in [-0.2, -0.15) is 17.7 Å². The van der Waals surface area contributed by atoms with Crippen molar-refractivity contribution in [3.05, 3.63) is 59.7 Å². The van der Waals surface area contributed by atoms with Crippen LogP contribution < -0.4 is 14.5 Å². The summed E-state index contributed by atoms with van der Waals surface area (Å²) in [5.74, 6) is 0.985. The fourth-order valence-corrected chi connectivity index (χ4v) is 5.57. The van der Waals surface area contributed by atoms with Crippen molar-refractivity contribution in [2.24, 2.45) is 0 Å². The van der Waals surface area contributed by atoms with Crippen molar-refractivity contribution < 1.29 is 8.42 Å². The molecule has 1 aromatic heterocycles. The van der Waals surface area contributed by atoms with Gasteiger partial charge in [0.05, 0.1) is 5.52 Å². The highest BCUT2D eigenvalue weighted by Gasteiger charge is 2.32. The van der Waals surface area contributed by atoms with Crippen LogP contribution in [0.25, 0.3) is 10.9 Å². The first kappa shape index (κ1) is 20.2. The van der Waals surface area contributed by atoms with Crippen molar-refractivity contribution in [1.82, 2.24) is 19.6 Å². The van der Waals surface area contributed by atoms with E-state index in [0.717, 1.165) is 42.6 Å². The summed E-state index contributed by atoms with van der Waals surface area (Å²) in [6.07, 6.45) is 0.708. The highest BCUT2D eigenvalue weighted by Crippen LogP contribution is 2.30. The first-order valence-electron chi connectivity index (χ1n) is 10.6. The lowest BCUT2D eigenvalue weighted by Gasteiger charge is -2.33. The molecule has 3 heterocycles. The second-order valence-electron chi connectivity index (χ2n) is 7.93. The second kappa shape index (κ2) is 8.07. The predicted octanol–water partition coefficient (Wildman–Crippen LogP) is 1.78. The molecule has 0 aliphatic carbocycles. The molecular weight excluding hydrogens is 412 g/mol. The SMILES string of the molecule is CN(c1nc(N2CCNCC2)nc2ccccc12)S(=O)(=O)N1CCc2ccccc2C1. The fourth-order valence-electron chi connectivity index (χ4n) is 4.24. The van der Waals surface area contributed by atoms with Crippen LogP contribution in [0.15, 0.2) is 48.5 Å². The summed E-state index contributed by atoms with van der Waals surface area (Å²) in [4.78, 5) is 11.6. The van der Waals surface area contributed by atoms with Gasteiger partial charge in [-0.1, -0.05) is 36.4 Å². The minimum Gasteiger partial charge on any atom is -0.338 e. The maximum Gasteiger partial charge on any atom is 0.305 e. The number of para-hydroxylation sites is 1. The van der Waals surface area contributed by atoms with E-state index < -0.39 is 10.2 Å². The van der Waals surface area contributed by atoms with Gasteiger partial charge in [0.1, 0.15) is 0 Å². The maximum atomic E-state index is 13.6. The number of nitrogens with zero attached hydrogens (tertiary/aromatic N) is 5. The van der Waals surface area contributed by atoms with E-state index in [2.05, 4.69) is 16.3 Å². The van der Waals surface area contributed by atoms with Gasteiger partial charge in [0, 0.05) is 51.7 Å². The van der Waals surface area contributed by atoms with Crippen molar-refractivity contribution in [3.63, 3.8) is 0 Å². The zero-order valence-electron chi connectivity index (χ0n) is 17.5. The average Bonchev–Trinajstić information content (AvgIpc) is 2.83. The fraction of sp³-hybridized carbons (Fsp3) is 0.364. The minimum absolute atomic E-state index is 0.372. The number of rotatable bonds is 4. The highest BCUT2D eigenvalue weighted by molar-refractivity contribution is 7.90. The molecular formula is C22H26N6O2S. The zero-order valence-corrected chi connectivity index (χ0v) is 18.3. The third-order valence-electron chi connectivity index (χ3n) is 6.04. The molecule has 9 heteroatoms. The van der Waals surface area contributed by atoms with Crippen molar-refractivity contribution in [1.29, 1.82) is 0 Å². The lowest BCUT2D eigenvalue weighted by Crippen LogP contribution is -2.46. The Morgan fingerprint density at radius 1 is 0.935 bits per heavy atom. The van der Waals surface area contributed by atoms with Crippen LogP contribution in [0.1, 0.15) is 11.1 Å². The molecule has 0 radical (unpaired) electrons. The molecule has 0 spiro atoms. The smallest absolute Gasteiger partial charge is 0.305 e. The molecule has 0 atom stereocenters. The zero-order chi connectivity index (χ0) is 21.4. The van der Waals surface area contributed by atoms with Crippen molar-refractivity contribution in [2.45, 2.75) is 13.0 Å². The summed E-state index contributed by atoms with van der Waals surface area (Å²) in [6.45, 7) is 4.11. The van der Waals surface area contributed by atoms with Crippen LogP contribution in [0, 0.1) is 0 Å². The third-order valence-corrected chi connectivity index (χ3v) is 7.87. The van der Waals surface area contributed by atoms with Gasteiger partial charge in [-0.25, -0.2) is 9.29 Å². The number of fused-ring (bicyclic) bond motifs is 2. The summed E-state index contributed by atoms with van der Waals surface area (Å²) >= 11 is 0. The topological polar surface area (TPSA) is 81.7 Å². The molecule has 5 rings (SSSR count). The molecule has 31 heavy (non-hydrogen) atoms. The van der Waals surface area contributed by atoms with Crippen LogP contribution >= 0.6 is 0 Å². The van der Waals surface area contributed by atoms with E-state index in [0.29, 0.717) is 31.3 Å². The number of piperazine rings is 1. The Bertz CT molecular complexity index is 1210. The van der Waals surface area contributed by atoms with E-state index in [1.807, 2.05) is 42.5 Å². The van der Waals surface area contributed by atoms with Gasteiger partial charge in [-0.05, 0) is 29.7 Å². The van der Waals surface area contributed by atoms with Crippen molar-refractivity contribution >= 4 is 32.9 Å². The van der Waals surface area contributed by atoms with Gasteiger partial charge in [0.15, 0.2) is 5.82 Å². The van der Waals surface area contributed by atoms with Crippen LogP contribution in [0.4, 0.5) is 11.8 Å². The monoisotopic (exact) mass is 438 g/mol. The van der Waals surface area contributed by atoms with Gasteiger partial charge in [-0.15, -0.1) is 0 Å². The molecule has 0 saturated carbocycles. The van der Waals surface area contributed by atoms with E-state index in [1.54, 1.807) is 7.05 Å². The van der Waals surface area contributed by atoms with Gasteiger partial charge in [0.2, 0.25) is 5.95 Å². The number of nitrogens with one attached hydrogen (secondary N) is 1. The standard InChI is InChI=1S/C22H26N6O2S/c1-26(31(29,30)28-13-10-17-6-2-3-7-18(17)16-28)21-19-8-4-5-9-20(19)24-22(25-21)27-14-11-23-12-15-27/h2-9,23H,10-16H2,1H3. The second-order valence-corrected chi connectivity index (χ2v) is 9.89. The number of hydrogen-bond donors (Lipinski definition) is 1. The summed E-state index contributed by atoms with van der Waals surface area (Å²) in [5.41, 5.74) is 3.01. The van der Waals surface area contributed by atoms with Crippen LogP contribution in [0.5, 0.6) is 0 Å². The number of benzene rings is 2.